The smallest absolute Gasteiger partial charge is 0.0559 e. The second-order valence-electron chi connectivity index (χ2n) is 16.8. The van der Waals surface area contributed by atoms with Gasteiger partial charge in [0.05, 0.1) is 28.1 Å². The maximum absolute atomic E-state index is 2.50. The van der Waals surface area contributed by atoms with Crippen molar-refractivity contribution >= 4 is 77.7 Å². The fourth-order valence-corrected chi connectivity index (χ4v) is 10.1. The number of hydrogen-bond donors (Lipinski definition) is 0. The van der Waals surface area contributed by atoms with Crippen molar-refractivity contribution in [1.82, 2.24) is 9.13 Å². The van der Waals surface area contributed by atoms with E-state index in [4.69, 9.17) is 0 Å². The molecule has 1 atom stereocenters. The van der Waals surface area contributed by atoms with Gasteiger partial charge in [0.15, 0.2) is 0 Å². The normalized spacial score (nSPS) is 14.8. The second kappa shape index (κ2) is 16.0. The first-order valence-electron chi connectivity index (χ1n) is 22.4. The molecule has 4 heteroatoms. The first-order valence-corrected chi connectivity index (χ1v) is 22.4. The number of fused-ring (bicyclic) bond motifs is 6. The number of anilines is 5. The van der Waals surface area contributed by atoms with E-state index in [0.29, 0.717) is 0 Å². The van der Waals surface area contributed by atoms with Gasteiger partial charge >= 0.3 is 0 Å². The van der Waals surface area contributed by atoms with E-state index in [1.807, 2.05) is 0 Å². The fraction of sp³-hybridized carbons (Fsp3) is 0.0667. The highest BCUT2D eigenvalue weighted by molar-refractivity contribution is 6.12. The van der Waals surface area contributed by atoms with Gasteiger partial charge in [0.25, 0.3) is 0 Å². The van der Waals surface area contributed by atoms with Gasteiger partial charge in [-0.1, -0.05) is 134 Å². The number of para-hydroxylation sites is 4. The molecule has 0 aliphatic heterocycles. The zero-order valence-corrected chi connectivity index (χ0v) is 35.5. The lowest BCUT2D eigenvalue weighted by atomic mass is 10.0. The number of hydrogen-bond acceptors (Lipinski definition) is 2. The maximum atomic E-state index is 2.50. The molecule has 0 radical (unpaired) electrons. The highest BCUT2D eigenvalue weighted by Gasteiger charge is 2.22. The molecule has 1 unspecified atom stereocenters. The average Bonchev–Trinajstić information content (AvgIpc) is 3.88. The van der Waals surface area contributed by atoms with Crippen LogP contribution >= 0.6 is 0 Å². The molecule has 2 aliphatic carbocycles. The van der Waals surface area contributed by atoms with Gasteiger partial charge in [-0.3, -0.25) is 0 Å². The minimum atomic E-state index is 0.191. The van der Waals surface area contributed by atoms with Crippen LogP contribution in [-0.2, 0) is 0 Å². The molecule has 64 heavy (non-hydrogen) atoms. The van der Waals surface area contributed by atoms with E-state index in [9.17, 15) is 0 Å². The van der Waals surface area contributed by atoms with Gasteiger partial charge in [-0.25, -0.2) is 0 Å². The summed E-state index contributed by atoms with van der Waals surface area (Å²) in [5.74, 6) is 0. The Morgan fingerprint density at radius 2 is 0.953 bits per heavy atom. The van der Waals surface area contributed by atoms with Crippen LogP contribution in [0.3, 0.4) is 0 Å². The predicted octanol–water partition coefficient (Wildman–Crippen LogP) is 16.2. The number of aromatic nitrogens is 2. The topological polar surface area (TPSA) is 16.3 Å². The number of benzene rings is 8. The third-order valence-electron chi connectivity index (χ3n) is 13.1. The summed E-state index contributed by atoms with van der Waals surface area (Å²) in [6.45, 7) is 0. The number of rotatable bonds is 9. The SMILES string of the molecule is C1=CCCC(n2c3ccccc3c3cc(N(c4ccccc4)c4ccc(-c5ccc(N(c6ccc7c(c6)c6ccccc6n7-c6ccccc6)C6C=CC=CC6)cc5)cc4)ccc32)=C1. The monoisotopic (exact) mass is 822 g/mol. The van der Waals surface area contributed by atoms with E-state index in [0.717, 1.165) is 36.3 Å². The molecule has 0 saturated heterocycles. The van der Waals surface area contributed by atoms with Crippen molar-refractivity contribution in [3.05, 3.63) is 237 Å². The molecule has 306 valence electrons. The van der Waals surface area contributed by atoms with Crippen molar-refractivity contribution in [2.75, 3.05) is 9.80 Å². The summed E-state index contributed by atoms with van der Waals surface area (Å²) in [5, 5.41) is 5.03. The molecule has 8 aromatic carbocycles. The minimum Gasteiger partial charge on any atom is -0.334 e. The zero-order chi connectivity index (χ0) is 42.4. The van der Waals surface area contributed by atoms with Crippen LogP contribution in [0.4, 0.5) is 28.4 Å². The highest BCUT2D eigenvalue weighted by atomic mass is 15.2. The van der Waals surface area contributed by atoms with Gasteiger partial charge in [0.1, 0.15) is 0 Å². The van der Waals surface area contributed by atoms with Crippen LogP contribution in [0.5, 0.6) is 0 Å². The summed E-state index contributed by atoms with van der Waals surface area (Å²) >= 11 is 0. The van der Waals surface area contributed by atoms with Crippen molar-refractivity contribution in [2.45, 2.75) is 25.3 Å². The first-order chi connectivity index (χ1) is 31.8. The Bertz CT molecular complexity index is 3460. The molecule has 2 aromatic heterocycles. The molecule has 0 saturated carbocycles. The van der Waals surface area contributed by atoms with Gasteiger partial charge in [0.2, 0.25) is 0 Å². The van der Waals surface area contributed by atoms with E-state index < -0.39 is 0 Å². The van der Waals surface area contributed by atoms with Crippen molar-refractivity contribution < 1.29 is 0 Å². The summed E-state index contributed by atoms with van der Waals surface area (Å²) in [4.78, 5) is 4.87. The van der Waals surface area contributed by atoms with Crippen LogP contribution < -0.4 is 9.80 Å². The molecule has 12 rings (SSSR count). The van der Waals surface area contributed by atoms with E-state index in [1.54, 1.807) is 0 Å². The number of nitrogens with zero attached hydrogens (tertiary/aromatic N) is 4. The average molecular weight is 823 g/mol. The van der Waals surface area contributed by atoms with Crippen LogP contribution in [0, 0.1) is 0 Å². The van der Waals surface area contributed by atoms with Crippen molar-refractivity contribution in [3.8, 4) is 16.8 Å². The summed E-state index contributed by atoms with van der Waals surface area (Å²) in [6.07, 6.45) is 18.7. The van der Waals surface area contributed by atoms with Gasteiger partial charge < -0.3 is 18.9 Å². The Balaban J connectivity index is 0.893. The third kappa shape index (κ3) is 6.54. The Kier molecular flexibility index (Phi) is 9.41. The Morgan fingerprint density at radius 3 is 1.61 bits per heavy atom. The summed E-state index contributed by atoms with van der Waals surface area (Å²) in [6, 6.07) is 71.3. The van der Waals surface area contributed by atoms with Crippen LogP contribution in [-0.4, -0.2) is 15.2 Å². The summed E-state index contributed by atoms with van der Waals surface area (Å²) in [5.41, 5.74) is 15.5. The molecule has 0 N–H and O–H groups in total. The molecule has 10 aromatic rings. The standard InChI is InChI=1S/C60H46N4/c1-5-17-45(18-6-1)61(51-37-39-59-55(41-51)53-25-13-15-27-57(53)63(59)47-21-9-3-10-22-47)49-33-29-43(30-34-49)44-31-35-50(36-32-44)62(46-19-7-2-8-20-46)52-38-40-60-56(42-52)54-26-14-16-28-58(54)64(60)48-23-11-4-12-24-48/h1-11,13-17,19-23,25-42,45H,12,18,24H2. The lowest BCUT2D eigenvalue weighted by Gasteiger charge is -2.33. The summed E-state index contributed by atoms with van der Waals surface area (Å²) in [7, 11) is 0. The predicted molar refractivity (Wildman–Crippen MR) is 272 cm³/mol. The van der Waals surface area contributed by atoms with Crippen LogP contribution in [0.15, 0.2) is 237 Å². The molecule has 2 aliphatic rings. The van der Waals surface area contributed by atoms with Crippen LogP contribution in [0.25, 0.3) is 66.1 Å². The minimum absolute atomic E-state index is 0.191. The van der Waals surface area contributed by atoms with Gasteiger partial charge in [0, 0.05) is 61.4 Å². The lowest BCUT2D eigenvalue weighted by Crippen LogP contribution is -2.29. The zero-order valence-electron chi connectivity index (χ0n) is 35.5. The summed E-state index contributed by atoms with van der Waals surface area (Å²) < 4.78 is 4.84. The van der Waals surface area contributed by atoms with E-state index in [2.05, 4.69) is 256 Å². The molecule has 0 spiro atoms. The van der Waals surface area contributed by atoms with Crippen molar-refractivity contribution in [2.24, 2.45) is 0 Å². The molecule has 0 bridgehead atoms. The quantitative estimate of drug-likeness (QED) is 0.144. The van der Waals surface area contributed by atoms with E-state index in [1.165, 1.54) is 77.5 Å². The Hall–Kier alpha value is -8.08. The van der Waals surface area contributed by atoms with E-state index in [-0.39, 0.29) is 6.04 Å². The van der Waals surface area contributed by atoms with Crippen molar-refractivity contribution in [3.63, 3.8) is 0 Å². The molecular formula is C60H46N4. The maximum Gasteiger partial charge on any atom is 0.0559 e. The molecule has 0 amide bonds. The van der Waals surface area contributed by atoms with Crippen LogP contribution in [0.2, 0.25) is 0 Å². The van der Waals surface area contributed by atoms with Crippen molar-refractivity contribution in [1.29, 1.82) is 0 Å². The van der Waals surface area contributed by atoms with Crippen LogP contribution in [0.1, 0.15) is 19.3 Å². The Morgan fingerprint density at radius 1 is 0.406 bits per heavy atom. The van der Waals surface area contributed by atoms with Gasteiger partial charge in [-0.15, -0.1) is 0 Å². The van der Waals surface area contributed by atoms with Gasteiger partial charge in [-0.2, -0.15) is 0 Å². The largest absolute Gasteiger partial charge is 0.334 e. The first kappa shape index (κ1) is 37.7. The molecule has 4 nitrogen and oxygen atoms in total. The number of allylic oxidation sites excluding steroid dienone is 6. The highest BCUT2D eigenvalue weighted by Crippen LogP contribution is 2.42. The Labute approximate surface area is 373 Å². The molecule has 2 heterocycles. The molecular weight excluding hydrogens is 777 g/mol. The molecule has 0 fully saturated rings. The fourth-order valence-electron chi connectivity index (χ4n) is 10.1. The lowest BCUT2D eigenvalue weighted by molar-refractivity contribution is 0.785. The second-order valence-corrected chi connectivity index (χ2v) is 16.8. The third-order valence-corrected chi connectivity index (χ3v) is 13.1. The van der Waals surface area contributed by atoms with E-state index >= 15 is 0 Å². The van der Waals surface area contributed by atoms with Gasteiger partial charge in [-0.05, 0) is 134 Å².